The minimum absolute atomic E-state index is 0.00483. The fraction of sp³-hybridized carbons (Fsp3) is 0.333. The Morgan fingerprint density at radius 3 is 2.41 bits per heavy atom. The quantitative estimate of drug-likeness (QED) is 0.322. The number of ketones is 1. The van der Waals surface area contributed by atoms with E-state index in [2.05, 4.69) is 12.2 Å². The van der Waals surface area contributed by atoms with Gasteiger partial charge in [-0.3, -0.25) is 14.5 Å². The van der Waals surface area contributed by atoms with Crippen molar-refractivity contribution < 1.29 is 18.7 Å². The molecule has 0 saturated carbocycles. The van der Waals surface area contributed by atoms with E-state index in [1.807, 2.05) is 49.4 Å². The predicted octanol–water partition coefficient (Wildman–Crippen LogP) is 7.62. The van der Waals surface area contributed by atoms with Crippen LogP contribution in [0.2, 0.25) is 0 Å². The zero-order chi connectivity index (χ0) is 27.5. The Bertz CT molecular complexity index is 1400. The van der Waals surface area contributed by atoms with Crippen molar-refractivity contribution in [3.8, 4) is 5.75 Å². The van der Waals surface area contributed by atoms with Crippen molar-refractivity contribution in [2.24, 2.45) is 0 Å². The number of ether oxygens (including phenoxy) is 1. The molecule has 39 heavy (non-hydrogen) atoms. The highest BCUT2D eigenvalue weighted by Gasteiger charge is 2.41. The van der Waals surface area contributed by atoms with Crippen molar-refractivity contribution in [1.82, 2.24) is 0 Å². The van der Waals surface area contributed by atoms with Gasteiger partial charge >= 0.3 is 0 Å². The number of rotatable bonds is 7. The molecule has 202 valence electrons. The number of nitrogens with one attached hydrogen (secondary N) is 1. The number of unbranched alkanes of at least 4 members (excludes halogenated alkanes) is 2. The molecule has 0 saturated heterocycles. The summed E-state index contributed by atoms with van der Waals surface area (Å²) in [4.78, 5) is 29.8. The van der Waals surface area contributed by atoms with E-state index in [1.54, 1.807) is 24.1 Å². The van der Waals surface area contributed by atoms with E-state index in [1.165, 1.54) is 12.1 Å². The van der Waals surface area contributed by atoms with Crippen LogP contribution in [0, 0.1) is 12.7 Å². The lowest BCUT2D eigenvalue weighted by Crippen LogP contribution is -2.38. The maximum absolute atomic E-state index is 14.1. The lowest BCUT2D eigenvalue weighted by Gasteiger charge is -2.35. The molecular formula is C33H35FN2O3. The van der Waals surface area contributed by atoms with Crippen molar-refractivity contribution in [1.29, 1.82) is 0 Å². The summed E-state index contributed by atoms with van der Waals surface area (Å²) in [5.74, 6) is 0.363. The summed E-state index contributed by atoms with van der Waals surface area (Å²) >= 11 is 0. The minimum atomic E-state index is -0.644. The first-order valence-electron chi connectivity index (χ1n) is 13.7. The minimum Gasteiger partial charge on any atom is -0.497 e. The van der Waals surface area contributed by atoms with Crippen LogP contribution >= 0.6 is 0 Å². The average molecular weight is 527 g/mol. The Labute approximate surface area is 229 Å². The fourth-order valence-corrected chi connectivity index (χ4v) is 5.74. The normalized spacial score (nSPS) is 18.7. The van der Waals surface area contributed by atoms with Gasteiger partial charge in [-0.05, 0) is 78.8 Å². The second-order valence-electron chi connectivity index (χ2n) is 10.5. The number of carbonyl (C=O) groups excluding carboxylic acids is 2. The molecule has 3 aromatic carbocycles. The van der Waals surface area contributed by atoms with Crippen LogP contribution < -0.4 is 15.0 Å². The highest BCUT2D eigenvalue weighted by atomic mass is 19.1. The second-order valence-corrected chi connectivity index (χ2v) is 10.5. The predicted molar refractivity (Wildman–Crippen MR) is 153 cm³/mol. The van der Waals surface area contributed by atoms with Crippen molar-refractivity contribution in [3.05, 3.63) is 101 Å². The molecule has 0 aromatic heterocycles. The molecule has 0 fully saturated rings. The molecule has 1 aliphatic heterocycles. The molecule has 5 rings (SSSR count). The third-order valence-corrected chi connectivity index (χ3v) is 7.77. The number of halogens is 1. The third-order valence-electron chi connectivity index (χ3n) is 7.77. The molecule has 0 spiro atoms. The number of hydrogen-bond acceptors (Lipinski definition) is 4. The van der Waals surface area contributed by atoms with Gasteiger partial charge < -0.3 is 10.1 Å². The van der Waals surface area contributed by atoms with Crippen LogP contribution in [0.5, 0.6) is 5.75 Å². The lowest BCUT2D eigenvalue weighted by molar-refractivity contribution is -0.119. The molecule has 6 heteroatoms. The molecular weight excluding hydrogens is 491 g/mol. The van der Waals surface area contributed by atoms with E-state index >= 15 is 0 Å². The Morgan fingerprint density at radius 1 is 1.00 bits per heavy atom. The van der Waals surface area contributed by atoms with Crippen LogP contribution in [0.3, 0.4) is 0 Å². The number of allylic oxidation sites excluding steroid dienone is 1. The van der Waals surface area contributed by atoms with Gasteiger partial charge in [-0.1, -0.05) is 50.1 Å². The number of nitrogens with zero attached hydrogens (tertiary/aromatic N) is 1. The second kappa shape index (κ2) is 11.4. The maximum Gasteiger partial charge on any atom is 0.227 e. The first-order chi connectivity index (χ1) is 18.9. The first kappa shape index (κ1) is 26.7. The number of amides is 1. The summed E-state index contributed by atoms with van der Waals surface area (Å²) in [5, 5.41) is 3.57. The Kier molecular flexibility index (Phi) is 7.82. The zero-order valence-electron chi connectivity index (χ0n) is 22.8. The highest BCUT2D eigenvalue weighted by Crippen LogP contribution is 2.48. The van der Waals surface area contributed by atoms with Gasteiger partial charge in [0, 0.05) is 24.1 Å². The van der Waals surface area contributed by atoms with E-state index in [0.717, 1.165) is 58.8 Å². The lowest BCUT2D eigenvalue weighted by atomic mass is 9.78. The SMILES string of the molecule is CCCCCC(=O)N1c2cc(C)ccc2NC2=C(C(=O)C[C@H](c3ccc(OC)cc3)C2)[C@@H]1c1ccc(F)cc1. The Hall–Kier alpha value is -3.93. The maximum atomic E-state index is 14.1. The third kappa shape index (κ3) is 5.47. The van der Waals surface area contributed by atoms with Gasteiger partial charge in [0.25, 0.3) is 0 Å². The first-order valence-corrected chi connectivity index (χ1v) is 13.7. The number of methoxy groups -OCH3 is 1. The topological polar surface area (TPSA) is 58.6 Å². The van der Waals surface area contributed by atoms with Gasteiger partial charge in [0.15, 0.2) is 5.78 Å². The molecule has 0 radical (unpaired) electrons. The van der Waals surface area contributed by atoms with E-state index in [-0.39, 0.29) is 23.4 Å². The summed E-state index contributed by atoms with van der Waals surface area (Å²) in [6.45, 7) is 4.10. The van der Waals surface area contributed by atoms with E-state index in [4.69, 9.17) is 4.74 Å². The van der Waals surface area contributed by atoms with Crippen LogP contribution in [-0.2, 0) is 9.59 Å². The number of benzene rings is 3. The van der Waals surface area contributed by atoms with Gasteiger partial charge in [0.05, 0.1) is 24.5 Å². The van der Waals surface area contributed by atoms with Crippen molar-refractivity contribution in [2.75, 3.05) is 17.3 Å². The largest absolute Gasteiger partial charge is 0.497 e. The van der Waals surface area contributed by atoms with Gasteiger partial charge in [0.1, 0.15) is 11.6 Å². The van der Waals surface area contributed by atoms with Crippen molar-refractivity contribution in [2.45, 2.75) is 64.3 Å². The van der Waals surface area contributed by atoms with Crippen LogP contribution in [-0.4, -0.2) is 18.8 Å². The summed E-state index contributed by atoms with van der Waals surface area (Å²) in [5.41, 5.74) is 5.75. The molecule has 1 amide bonds. The van der Waals surface area contributed by atoms with Crippen LogP contribution in [0.1, 0.15) is 74.1 Å². The number of anilines is 2. The molecule has 2 aliphatic rings. The van der Waals surface area contributed by atoms with Crippen molar-refractivity contribution in [3.63, 3.8) is 0 Å². The Morgan fingerprint density at radius 2 is 1.72 bits per heavy atom. The van der Waals surface area contributed by atoms with Crippen LogP contribution in [0.25, 0.3) is 0 Å². The molecule has 1 aliphatic carbocycles. The van der Waals surface area contributed by atoms with Crippen LogP contribution in [0.4, 0.5) is 15.8 Å². The number of Topliss-reactive ketones (excluding diaryl/α,β-unsaturated/α-hetero) is 1. The monoisotopic (exact) mass is 526 g/mol. The highest BCUT2D eigenvalue weighted by molar-refractivity contribution is 6.06. The van der Waals surface area contributed by atoms with Gasteiger partial charge in [-0.25, -0.2) is 4.39 Å². The zero-order valence-corrected chi connectivity index (χ0v) is 22.8. The van der Waals surface area contributed by atoms with Crippen molar-refractivity contribution >= 4 is 23.1 Å². The number of hydrogen-bond donors (Lipinski definition) is 1. The molecule has 5 nitrogen and oxygen atoms in total. The molecule has 0 unspecified atom stereocenters. The smallest absolute Gasteiger partial charge is 0.227 e. The van der Waals surface area contributed by atoms with E-state index in [0.29, 0.717) is 24.8 Å². The van der Waals surface area contributed by atoms with Gasteiger partial charge in [-0.2, -0.15) is 0 Å². The Balaban J connectivity index is 1.65. The fourth-order valence-electron chi connectivity index (χ4n) is 5.74. The molecule has 3 aromatic rings. The van der Waals surface area contributed by atoms with E-state index in [9.17, 15) is 14.0 Å². The van der Waals surface area contributed by atoms with E-state index < -0.39 is 6.04 Å². The summed E-state index contributed by atoms with van der Waals surface area (Å²) < 4.78 is 19.3. The number of aryl methyl sites for hydroxylation is 1. The molecule has 1 N–H and O–H groups in total. The summed E-state index contributed by atoms with van der Waals surface area (Å²) in [6.07, 6.45) is 4.07. The summed E-state index contributed by atoms with van der Waals surface area (Å²) in [6, 6.07) is 19.4. The molecule has 2 atom stereocenters. The standard InChI is InChI=1S/C33H35FN2O3/c1-4-5-6-7-31(38)36-29-18-21(2)8-17-27(29)35-28-19-24(22-11-15-26(39-3)16-12-22)20-30(37)32(28)33(36)23-9-13-25(34)14-10-23/h8-18,24,33,35H,4-7,19-20H2,1-3H3/t24-,33+/m1/s1. The van der Waals surface area contributed by atoms with Gasteiger partial charge in [0.2, 0.25) is 5.91 Å². The number of fused-ring (bicyclic) bond motifs is 1. The van der Waals surface area contributed by atoms with Gasteiger partial charge in [-0.15, -0.1) is 0 Å². The molecule has 1 heterocycles. The number of carbonyl (C=O) groups is 2. The average Bonchev–Trinajstić information content (AvgIpc) is 3.08. The van der Waals surface area contributed by atoms with Crippen LogP contribution in [0.15, 0.2) is 78.0 Å². The summed E-state index contributed by atoms with van der Waals surface area (Å²) in [7, 11) is 1.63. The molecule has 0 bridgehead atoms.